The summed E-state index contributed by atoms with van der Waals surface area (Å²) in [4.78, 5) is 24.9. The normalized spacial score (nSPS) is 18.5. The lowest BCUT2D eigenvalue weighted by atomic mass is 10.1. The van der Waals surface area contributed by atoms with E-state index in [0.717, 1.165) is 18.1 Å². The summed E-state index contributed by atoms with van der Waals surface area (Å²) in [7, 11) is 1.14. The molecular weight excluding hydrogens is 291 g/mol. The number of rotatable bonds is 2. The Hall–Kier alpha value is -2.09. The molecule has 21 heavy (non-hydrogen) atoms. The van der Waals surface area contributed by atoms with Gasteiger partial charge in [-0.2, -0.15) is 0 Å². The lowest BCUT2D eigenvalue weighted by Gasteiger charge is -2.33. The number of halogens is 3. The number of carbonyl (C=O) groups is 2. The van der Waals surface area contributed by atoms with Gasteiger partial charge in [-0.05, 0) is 12.1 Å². The average Bonchev–Trinajstić information content (AvgIpc) is 2.51. The minimum atomic E-state index is -1.73. The molecule has 0 radical (unpaired) electrons. The highest BCUT2D eigenvalue weighted by Gasteiger charge is 2.35. The average molecular weight is 303 g/mol. The third-order valence-corrected chi connectivity index (χ3v) is 3.13. The van der Waals surface area contributed by atoms with E-state index in [1.807, 2.05) is 0 Å². The van der Waals surface area contributed by atoms with Crippen LogP contribution in [0.2, 0.25) is 0 Å². The number of hydrogen-bond acceptors (Lipinski definition) is 4. The second-order valence-corrected chi connectivity index (χ2v) is 4.34. The molecule has 0 bridgehead atoms. The number of morpholine rings is 1. The van der Waals surface area contributed by atoms with Crippen LogP contribution in [0.1, 0.15) is 10.4 Å². The molecule has 1 saturated heterocycles. The van der Waals surface area contributed by atoms with Crippen molar-refractivity contribution in [2.24, 2.45) is 0 Å². The van der Waals surface area contributed by atoms with Gasteiger partial charge < -0.3 is 14.4 Å². The monoisotopic (exact) mass is 303 g/mol. The van der Waals surface area contributed by atoms with E-state index in [1.165, 1.54) is 0 Å². The van der Waals surface area contributed by atoms with Crippen molar-refractivity contribution in [3.05, 3.63) is 35.1 Å². The molecule has 1 aliphatic rings. The summed E-state index contributed by atoms with van der Waals surface area (Å²) in [6.07, 6.45) is 0. The van der Waals surface area contributed by atoms with Crippen molar-refractivity contribution in [3.63, 3.8) is 0 Å². The highest BCUT2D eigenvalue weighted by molar-refractivity contribution is 5.97. The van der Waals surface area contributed by atoms with Crippen molar-refractivity contribution in [3.8, 4) is 0 Å². The van der Waals surface area contributed by atoms with Crippen LogP contribution < -0.4 is 0 Å². The van der Waals surface area contributed by atoms with Crippen molar-refractivity contribution in [2.45, 2.75) is 6.04 Å². The summed E-state index contributed by atoms with van der Waals surface area (Å²) in [6.45, 7) is 0.0469. The molecule has 0 aromatic heterocycles. The Balaban J connectivity index is 2.33. The predicted molar refractivity (Wildman–Crippen MR) is 64.0 cm³/mol. The maximum Gasteiger partial charge on any atom is 0.331 e. The van der Waals surface area contributed by atoms with Crippen molar-refractivity contribution in [1.82, 2.24) is 4.90 Å². The van der Waals surface area contributed by atoms with E-state index in [9.17, 15) is 22.8 Å². The molecule has 1 aromatic carbocycles. The maximum absolute atomic E-state index is 13.7. The van der Waals surface area contributed by atoms with Gasteiger partial charge in [0.1, 0.15) is 0 Å². The minimum Gasteiger partial charge on any atom is -0.467 e. The molecule has 114 valence electrons. The molecule has 0 N–H and O–H groups in total. The Morgan fingerprint density at radius 1 is 1.29 bits per heavy atom. The van der Waals surface area contributed by atoms with Gasteiger partial charge in [-0.15, -0.1) is 0 Å². The van der Waals surface area contributed by atoms with Crippen LogP contribution in [0.3, 0.4) is 0 Å². The zero-order chi connectivity index (χ0) is 15.6. The highest BCUT2D eigenvalue weighted by atomic mass is 19.2. The Labute approximate surface area is 118 Å². The first kappa shape index (κ1) is 15.3. The molecule has 0 aliphatic carbocycles. The SMILES string of the molecule is COC(=O)C1COCCN1C(=O)c1ccc(F)c(F)c1F. The number of benzene rings is 1. The molecule has 8 heteroatoms. The number of methoxy groups -OCH3 is 1. The first-order valence-electron chi connectivity index (χ1n) is 6.07. The first-order chi connectivity index (χ1) is 9.97. The van der Waals surface area contributed by atoms with E-state index in [-0.39, 0.29) is 19.8 Å². The molecule has 5 nitrogen and oxygen atoms in total. The lowest BCUT2D eigenvalue weighted by molar-refractivity contribution is -0.151. The van der Waals surface area contributed by atoms with Gasteiger partial charge in [-0.25, -0.2) is 18.0 Å². The zero-order valence-corrected chi connectivity index (χ0v) is 11.1. The van der Waals surface area contributed by atoms with E-state index in [1.54, 1.807) is 0 Å². The molecule has 1 aliphatic heterocycles. The first-order valence-corrected chi connectivity index (χ1v) is 6.07. The molecule has 1 amide bonds. The quantitative estimate of drug-likeness (QED) is 0.607. The molecule has 1 fully saturated rings. The Morgan fingerprint density at radius 2 is 2.00 bits per heavy atom. The van der Waals surface area contributed by atoms with Gasteiger partial charge >= 0.3 is 5.97 Å². The standard InChI is InChI=1S/C13H12F3NO4/c1-20-13(19)9-6-21-5-4-17(9)12(18)7-2-3-8(14)11(16)10(7)15/h2-3,9H,4-6H2,1H3. The predicted octanol–water partition coefficient (Wildman–Crippen LogP) is 1.12. The van der Waals surface area contributed by atoms with Crippen molar-refractivity contribution < 1.29 is 32.2 Å². The van der Waals surface area contributed by atoms with Crippen LogP contribution in [-0.4, -0.2) is 49.7 Å². The van der Waals surface area contributed by atoms with Crippen molar-refractivity contribution in [1.29, 1.82) is 0 Å². The molecule has 0 spiro atoms. The van der Waals surface area contributed by atoms with Crippen LogP contribution in [-0.2, 0) is 14.3 Å². The summed E-state index contributed by atoms with van der Waals surface area (Å²) in [5, 5.41) is 0. The summed E-state index contributed by atoms with van der Waals surface area (Å²) in [5.74, 6) is -6.37. The van der Waals surface area contributed by atoms with Gasteiger partial charge in [0, 0.05) is 6.54 Å². The zero-order valence-electron chi connectivity index (χ0n) is 11.1. The summed E-state index contributed by atoms with van der Waals surface area (Å²) in [6, 6.07) is 0.433. The lowest BCUT2D eigenvalue weighted by Crippen LogP contribution is -2.53. The number of amides is 1. The van der Waals surface area contributed by atoms with Crippen molar-refractivity contribution in [2.75, 3.05) is 26.9 Å². The van der Waals surface area contributed by atoms with Crippen LogP contribution in [0.25, 0.3) is 0 Å². The number of esters is 1. The summed E-state index contributed by atoms with van der Waals surface area (Å²) < 4.78 is 49.4. The fraction of sp³-hybridized carbons (Fsp3) is 0.385. The number of carbonyl (C=O) groups excluding carboxylic acids is 2. The molecule has 1 aromatic rings. The molecule has 1 atom stereocenters. The topological polar surface area (TPSA) is 55.8 Å². The van der Waals surface area contributed by atoms with E-state index < -0.39 is 40.9 Å². The van der Waals surface area contributed by atoms with Gasteiger partial charge in [-0.3, -0.25) is 4.79 Å². The van der Waals surface area contributed by atoms with Gasteiger partial charge in [0.15, 0.2) is 23.5 Å². The fourth-order valence-corrected chi connectivity index (χ4v) is 2.02. The Morgan fingerprint density at radius 3 is 2.67 bits per heavy atom. The third-order valence-electron chi connectivity index (χ3n) is 3.13. The van der Waals surface area contributed by atoms with Gasteiger partial charge in [0.05, 0.1) is 25.9 Å². The largest absolute Gasteiger partial charge is 0.467 e. The van der Waals surface area contributed by atoms with E-state index in [0.29, 0.717) is 6.07 Å². The molecule has 1 heterocycles. The Kier molecular flexibility index (Phi) is 4.46. The van der Waals surface area contributed by atoms with E-state index >= 15 is 0 Å². The van der Waals surface area contributed by atoms with E-state index in [2.05, 4.69) is 4.74 Å². The van der Waals surface area contributed by atoms with Crippen LogP contribution >= 0.6 is 0 Å². The number of hydrogen-bond donors (Lipinski definition) is 0. The number of nitrogens with zero attached hydrogens (tertiary/aromatic N) is 1. The third kappa shape index (κ3) is 2.85. The molecule has 2 rings (SSSR count). The second-order valence-electron chi connectivity index (χ2n) is 4.34. The highest BCUT2D eigenvalue weighted by Crippen LogP contribution is 2.19. The molecule has 0 saturated carbocycles. The molecule has 1 unspecified atom stereocenters. The van der Waals surface area contributed by atoms with E-state index in [4.69, 9.17) is 4.74 Å². The van der Waals surface area contributed by atoms with Crippen LogP contribution in [0.5, 0.6) is 0 Å². The van der Waals surface area contributed by atoms with Gasteiger partial charge in [0.25, 0.3) is 5.91 Å². The van der Waals surface area contributed by atoms with Crippen LogP contribution in [0.4, 0.5) is 13.2 Å². The van der Waals surface area contributed by atoms with Crippen LogP contribution in [0, 0.1) is 17.5 Å². The van der Waals surface area contributed by atoms with Crippen LogP contribution in [0.15, 0.2) is 12.1 Å². The van der Waals surface area contributed by atoms with Gasteiger partial charge in [0.2, 0.25) is 0 Å². The van der Waals surface area contributed by atoms with Gasteiger partial charge in [-0.1, -0.05) is 0 Å². The maximum atomic E-state index is 13.7. The second kappa shape index (κ2) is 6.13. The summed E-state index contributed by atoms with van der Waals surface area (Å²) in [5.41, 5.74) is -0.648. The fourth-order valence-electron chi connectivity index (χ4n) is 2.02. The van der Waals surface area contributed by atoms with Crippen molar-refractivity contribution >= 4 is 11.9 Å². The Bertz CT molecular complexity index is 579. The smallest absolute Gasteiger partial charge is 0.331 e. The molecular formula is C13H12F3NO4. The summed E-state index contributed by atoms with van der Waals surface area (Å²) >= 11 is 0. The minimum absolute atomic E-state index is 0.0109. The number of ether oxygens (including phenoxy) is 2.